The number of carbonyl (C=O) groups is 3. The minimum atomic E-state index is -0.304. The normalized spacial score (nSPS) is 22.3. The van der Waals surface area contributed by atoms with Crippen LogP contribution in [0.25, 0.3) is 0 Å². The van der Waals surface area contributed by atoms with E-state index in [9.17, 15) is 14.4 Å². The van der Waals surface area contributed by atoms with Crippen LogP contribution in [0.1, 0.15) is 67.5 Å². The van der Waals surface area contributed by atoms with Crippen molar-refractivity contribution < 1.29 is 14.4 Å². The van der Waals surface area contributed by atoms with E-state index in [2.05, 4.69) is 31.3 Å². The van der Waals surface area contributed by atoms with Crippen LogP contribution in [-0.2, 0) is 14.4 Å². The van der Waals surface area contributed by atoms with E-state index in [4.69, 9.17) is 0 Å². The van der Waals surface area contributed by atoms with Gasteiger partial charge in [-0.05, 0) is 41.3 Å². The molecule has 2 aromatic rings. The van der Waals surface area contributed by atoms with Gasteiger partial charge in [0.15, 0.2) is 0 Å². The predicted molar refractivity (Wildman–Crippen MR) is 117 cm³/mol. The Bertz CT molecular complexity index is 896. The van der Waals surface area contributed by atoms with Gasteiger partial charge in [0.25, 0.3) is 0 Å². The number of carbonyl (C=O) groups excluding carboxylic acids is 3. The zero-order chi connectivity index (χ0) is 21.3. The van der Waals surface area contributed by atoms with Crippen LogP contribution in [0.15, 0.2) is 41.8 Å². The van der Waals surface area contributed by atoms with Gasteiger partial charge in [0, 0.05) is 4.88 Å². The first-order valence-electron chi connectivity index (χ1n) is 10.7. The highest BCUT2D eigenvalue weighted by Crippen LogP contribution is 2.38. The van der Waals surface area contributed by atoms with Crippen LogP contribution in [0.4, 0.5) is 0 Å². The molecule has 2 aliphatic rings. The van der Waals surface area contributed by atoms with Crippen molar-refractivity contribution in [3.8, 4) is 0 Å². The molecule has 0 spiro atoms. The fraction of sp³-hybridized carbons (Fsp3) is 0.458. The summed E-state index contributed by atoms with van der Waals surface area (Å²) < 4.78 is 0. The predicted octanol–water partition coefficient (Wildman–Crippen LogP) is 4.25. The maximum Gasteiger partial charge on any atom is 0.240 e. The third-order valence-corrected chi connectivity index (χ3v) is 7.24. The number of nitrogens with zero attached hydrogens (tertiary/aromatic N) is 1. The Balaban J connectivity index is 1.50. The topological polar surface area (TPSA) is 66.5 Å². The van der Waals surface area contributed by atoms with Crippen molar-refractivity contribution >= 4 is 29.1 Å². The second-order valence-electron chi connectivity index (χ2n) is 8.60. The van der Waals surface area contributed by atoms with Gasteiger partial charge in [-0.1, -0.05) is 57.0 Å². The highest BCUT2D eigenvalue weighted by Gasteiger charge is 2.48. The Hall–Kier alpha value is -2.47. The van der Waals surface area contributed by atoms with Crippen LogP contribution in [0.5, 0.6) is 0 Å². The summed E-state index contributed by atoms with van der Waals surface area (Å²) in [4.78, 5) is 40.5. The second-order valence-corrected chi connectivity index (χ2v) is 9.58. The molecule has 158 valence electrons. The number of likely N-dealkylation sites (tertiary alicyclic amines) is 1. The SMILES string of the molecule is CC(C)c1ccc(C(NC(=O)CN2C(=O)C3CCCCC3C2=O)c2cccs2)cc1. The monoisotopic (exact) mass is 424 g/mol. The number of thiophene rings is 1. The van der Waals surface area contributed by atoms with Gasteiger partial charge < -0.3 is 5.32 Å². The molecule has 1 saturated heterocycles. The average Bonchev–Trinajstić information content (AvgIpc) is 3.36. The quantitative estimate of drug-likeness (QED) is 0.705. The van der Waals surface area contributed by atoms with Crippen molar-refractivity contribution in [3.05, 3.63) is 57.8 Å². The first-order valence-corrected chi connectivity index (χ1v) is 11.6. The van der Waals surface area contributed by atoms with E-state index < -0.39 is 0 Å². The molecule has 3 unspecified atom stereocenters. The molecule has 0 radical (unpaired) electrons. The molecule has 6 heteroatoms. The third-order valence-electron chi connectivity index (χ3n) is 6.30. The van der Waals surface area contributed by atoms with Gasteiger partial charge in [-0.25, -0.2) is 0 Å². The molecule has 3 amide bonds. The van der Waals surface area contributed by atoms with E-state index in [0.717, 1.165) is 36.1 Å². The average molecular weight is 425 g/mol. The van der Waals surface area contributed by atoms with Gasteiger partial charge in [0.2, 0.25) is 17.7 Å². The molecular weight excluding hydrogens is 396 g/mol. The van der Waals surface area contributed by atoms with Crippen molar-refractivity contribution in [3.63, 3.8) is 0 Å². The molecular formula is C24H28N2O3S. The van der Waals surface area contributed by atoms with Crippen LogP contribution >= 0.6 is 11.3 Å². The van der Waals surface area contributed by atoms with E-state index in [1.807, 2.05) is 29.6 Å². The van der Waals surface area contributed by atoms with Gasteiger partial charge in [-0.15, -0.1) is 11.3 Å². The molecule has 5 nitrogen and oxygen atoms in total. The molecule has 3 atom stereocenters. The van der Waals surface area contributed by atoms with E-state index in [-0.39, 0.29) is 42.1 Å². The van der Waals surface area contributed by atoms with Crippen LogP contribution in [0.2, 0.25) is 0 Å². The highest BCUT2D eigenvalue weighted by molar-refractivity contribution is 7.10. The third kappa shape index (κ3) is 4.06. The number of hydrogen-bond donors (Lipinski definition) is 1. The fourth-order valence-electron chi connectivity index (χ4n) is 4.58. The van der Waals surface area contributed by atoms with Gasteiger partial charge in [-0.3, -0.25) is 19.3 Å². The maximum absolute atomic E-state index is 12.9. The summed E-state index contributed by atoms with van der Waals surface area (Å²) in [5, 5.41) is 5.04. The van der Waals surface area contributed by atoms with E-state index >= 15 is 0 Å². The second kappa shape index (κ2) is 8.72. The number of rotatable bonds is 6. The Labute approximate surface area is 181 Å². The molecule has 2 fully saturated rings. The van der Waals surface area contributed by atoms with Crippen LogP contribution in [-0.4, -0.2) is 29.2 Å². The Morgan fingerprint density at radius 2 is 1.63 bits per heavy atom. The first-order chi connectivity index (χ1) is 14.5. The summed E-state index contributed by atoms with van der Waals surface area (Å²) in [6.45, 7) is 4.10. The molecule has 1 N–H and O–H groups in total. The minimum absolute atomic E-state index is 0.172. The summed E-state index contributed by atoms with van der Waals surface area (Å²) in [5.74, 6) is -0.666. The maximum atomic E-state index is 12.9. The Morgan fingerprint density at radius 3 is 2.17 bits per heavy atom. The molecule has 30 heavy (non-hydrogen) atoms. The summed E-state index contributed by atoms with van der Waals surface area (Å²) >= 11 is 1.58. The Morgan fingerprint density at radius 1 is 1.03 bits per heavy atom. The lowest BCUT2D eigenvalue weighted by atomic mass is 9.81. The molecule has 1 aromatic carbocycles. The number of nitrogens with one attached hydrogen (secondary N) is 1. The molecule has 2 heterocycles. The zero-order valence-electron chi connectivity index (χ0n) is 17.5. The van der Waals surface area contributed by atoms with E-state index in [1.54, 1.807) is 11.3 Å². The number of hydrogen-bond acceptors (Lipinski definition) is 4. The Kier molecular flexibility index (Phi) is 6.04. The van der Waals surface area contributed by atoms with Gasteiger partial charge in [-0.2, -0.15) is 0 Å². The number of amides is 3. The van der Waals surface area contributed by atoms with Gasteiger partial charge >= 0.3 is 0 Å². The lowest BCUT2D eigenvalue weighted by molar-refractivity contribution is -0.143. The van der Waals surface area contributed by atoms with Crippen molar-refractivity contribution in [1.82, 2.24) is 10.2 Å². The summed E-state index contributed by atoms with van der Waals surface area (Å²) in [7, 11) is 0. The summed E-state index contributed by atoms with van der Waals surface area (Å²) in [6, 6.07) is 11.9. The zero-order valence-corrected chi connectivity index (χ0v) is 18.3. The van der Waals surface area contributed by atoms with Gasteiger partial charge in [0.05, 0.1) is 17.9 Å². The lowest BCUT2D eigenvalue weighted by Gasteiger charge is -2.21. The summed E-state index contributed by atoms with van der Waals surface area (Å²) in [6.07, 6.45) is 3.47. The van der Waals surface area contributed by atoms with E-state index in [0.29, 0.717) is 5.92 Å². The highest BCUT2D eigenvalue weighted by atomic mass is 32.1. The van der Waals surface area contributed by atoms with Crippen molar-refractivity contribution in [2.75, 3.05) is 6.54 Å². The molecule has 4 rings (SSSR count). The largest absolute Gasteiger partial charge is 0.343 e. The lowest BCUT2D eigenvalue weighted by Crippen LogP contribution is -2.42. The molecule has 1 saturated carbocycles. The van der Waals surface area contributed by atoms with Crippen molar-refractivity contribution in [1.29, 1.82) is 0 Å². The van der Waals surface area contributed by atoms with Crippen molar-refractivity contribution in [2.24, 2.45) is 11.8 Å². The standard InChI is InChI=1S/C24H28N2O3S/c1-15(2)16-9-11-17(12-10-16)22(20-8-5-13-30-20)25-21(27)14-26-23(28)18-6-3-4-7-19(18)24(26)29/h5,8-13,15,18-19,22H,3-4,6-7,14H2,1-2H3,(H,25,27). The molecule has 1 aliphatic heterocycles. The number of imide groups is 1. The van der Waals surface area contributed by atoms with Crippen molar-refractivity contribution in [2.45, 2.75) is 51.5 Å². The number of fused-ring (bicyclic) bond motifs is 1. The van der Waals surface area contributed by atoms with E-state index in [1.165, 1.54) is 10.5 Å². The number of benzene rings is 1. The van der Waals surface area contributed by atoms with Crippen LogP contribution < -0.4 is 5.32 Å². The van der Waals surface area contributed by atoms with Crippen LogP contribution in [0.3, 0.4) is 0 Å². The first kappa shape index (κ1) is 20.8. The smallest absolute Gasteiger partial charge is 0.240 e. The summed E-state index contributed by atoms with van der Waals surface area (Å²) in [5.41, 5.74) is 2.23. The minimum Gasteiger partial charge on any atom is -0.343 e. The molecule has 1 aromatic heterocycles. The van der Waals surface area contributed by atoms with Crippen LogP contribution in [0, 0.1) is 11.8 Å². The van der Waals surface area contributed by atoms with Gasteiger partial charge in [0.1, 0.15) is 6.54 Å². The molecule has 1 aliphatic carbocycles. The fourth-order valence-corrected chi connectivity index (χ4v) is 5.39. The molecule has 0 bridgehead atoms.